The number of phenolic OH excluding ortho intramolecular Hbond substituents is 1. The maximum Gasteiger partial charge on any atom is 0.203 e. The molecule has 0 fully saturated rings. The summed E-state index contributed by atoms with van der Waals surface area (Å²) in [5.41, 5.74) is 3.43. The van der Waals surface area contributed by atoms with E-state index in [0.717, 1.165) is 5.13 Å². The minimum Gasteiger partial charge on any atom is -0.507 e. The van der Waals surface area contributed by atoms with Crippen molar-refractivity contribution in [3.63, 3.8) is 0 Å². The van der Waals surface area contributed by atoms with E-state index in [0.29, 0.717) is 5.56 Å². The Balaban J connectivity index is 2.03. The van der Waals surface area contributed by atoms with Gasteiger partial charge in [-0.1, -0.05) is 12.1 Å². The average Bonchev–Trinajstić information content (AvgIpc) is 2.74. The van der Waals surface area contributed by atoms with Gasteiger partial charge in [-0.15, -0.1) is 11.3 Å². The van der Waals surface area contributed by atoms with Crippen LogP contribution in [0.2, 0.25) is 0 Å². The first-order valence-corrected chi connectivity index (χ1v) is 5.21. The molecule has 2 rings (SSSR count). The van der Waals surface area contributed by atoms with Crippen LogP contribution in [0.15, 0.2) is 40.9 Å². The summed E-state index contributed by atoms with van der Waals surface area (Å²) in [6.07, 6.45) is 3.25. The van der Waals surface area contributed by atoms with Crippen LogP contribution < -0.4 is 5.43 Å². The molecule has 0 spiro atoms. The van der Waals surface area contributed by atoms with Crippen LogP contribution in [-0.2, 0) is 0 Å². The highest BCUT2D eigenvalue weighted by molar-refractivity contribution is 7.13. The average molecular weight is 219 g/mol. The standard InChI is InChI=1S/C10H9N3OS/c14-9-4-2-1-3-8(9)7-12-13-10-11-5-6-15-10/h1-7,14H,(H,11,13)/b12-7+. The highest BCUT2D eigenvalue weighted by atomic mass is 32.1. The van der Waals surface area contributed by atoms with E-state index < -0.39 is 0 Å². The molecule has 2 N–H and O–H groups in total. The summed E-state index contributed by atoms with van der Waals surface area (Å²) in [4.78, 5) is 4.00. The van der Waals surface area contributed by atoms with E-state index >= 15 is 0 Å². The molecule has 0 saturated carbocycles. The van der Waals surface area contributed by atoms with Gasteiger partial charge in [0.1, 0.15) is 5.75 Å². The first-order valence-electron chi connectivity index (χ1n) is 4.33. The van der Waals surface area contributed by atoms with Gasteiger partial charge in [0, 0.05) is 17.1 Å². The summed E-state index contributed by atoms with van der Waals surface area (Å²) >= 11 is 1.46. The smallest absolute Gasteiger partial charge is 0.203 e. The molecule has 76 valence electrons. The molecule has 1 aromatic heterocycles. The van der Waals surface area contributed by atoms with Gasteiger partial charge in [0.05, 0.1) is 6.21 Å². The summed E-state index contributed by atoms with van der Waals surface area (Å²) < 4.78 is 0. The molecule has 0 amide bonds. The first-order chi connectivity index (χ1) is 7.36. The summed E-state index contributed by atoms with van der Waals surface area (Å²) in [5.74, 6) is 0.210. The Bertz CT molecular complexity index is 453. The van der Waals surface area contributed by atoms with E-state index in [-0.39, 0.29) is 5.75 Å². The Morgan fingerprint density at radius 1 is 1.40 bits per heavy atom. The number of rotatable bonds is 3. The third-order valence-electron chi connectivity index (χ3n) is 1.73. The lowest BCUT2D eigenvalue weighted by molar-refractivity contribution is 0.474. The Hall–Kier alpha value is -1.88. The lowest BCUT2D eigenvalue weighted by Gasteiger charge is -1.96. The van der Waals surface area contributed by atoms with E-state index in [1.165, 1.54) is 11.3 Å². The van der Waals surface area contributed by atoms with Crippen molar-refractivity contribution in [2.45, 2.75) is 0 Å². The normalized spacial score (nSPS) is 10.7. The lowest BCUT2D eigenvalue weighted by Crippen LogP contribution is -1.89. The van der Waals surface area contributed by atoms with Gasteiger partial charge in [0.25, 0.3) is 0 Å². The molecule has 0 unspecified atom stereocenters. The molecule has 0 aliphatic heterocycles. The molecule has 1 aromatic carbocycles. The Labute approximate surface area is 90.9 Å². The van der Waals surface area contributed by atoms with E-state index in [9.17, 15) is 5.11 Å². The number of hydrogen-bond donors (Lipinski definition) is 2. The van der Waals surface area contributed by atoms with Crippen molar-refractivity contribution in [1.82, 2.24) is 4.98 Å². The number of anilines is 1. The number of hydrazone groups is 1. The highest BCUT2D eigenvalue weighted by Crippen LogP contribution is 2.13. The van der Waals surface area contributed by atoms with E-state index in [1.807, 2.05) is 11.4 Å². The number of thiazole rings is 1. The fourth-order valence-corrected chi connectivity index (χ4v) is 1.51. The second kappa shape index (κ2) is 4.56. The fourth-order valence-electron chi connectivity index (χ4n) is 1.03. The van der Waals surface area contributed by atoms with Crippen molar-refractivity contribution in [3.05, 3.63) is 41.4 Å². The van der Waals surface area contributed by atoms with Gasteiger partial charge in [-0.2, -0.15) is 5.10 Å². The number of para-hydroxylation sites is 1. The largest absolute Gasteiger partial charge is 0.507 e. The second-order valence-electron chi connectivity index (χ2n) is 2.77. The maximum absolute atomic E-state index is 9.44. The van der Waals surface area contributed by atoms with Crippen molar-refractivity contribution < 1.29 is 5.11 Å². The summed E-state index contributed by atoms with van der Waals surface area (Å²) in [7, 11) is 0. The molecule has 5 heteroatoms. The van der Waals surface area contributed by atoms with E-state index in [1.54, 1.807) is 30.6 Å². The molecule has 0 radical (unpaired) electrons. The molecule has 0 bridgehead atoms. The highest BCUT2D eigenvalue weighted by Gasteiger charge is 1.94. The van der Waals surface area contributed by atoms with Gasteiger partial charge in [-0.25, -0.2) is 4.98 Å². The van der Waals surface area contributed by atoms with E-state index in [4.69, 9.17) is 0 Å². The molecule has 2 aromatic rings. The first kappa shape index (κ1) is 9.67. The maximum atomic E-state index is 9.44. The van der Waals surface area contributed by atoms with Crippen LogP contribution in [-0.4, -0.2) is 16.3 Å². The number of hydrogen-bond acceptors (Lipinski definition) is 5. The van der Waals surface area contributed by atoms with Crippen molar-refractivity contribution >= 4 is 22.7 Å². The number of aromatic hydroxyl groups is 1. The number of benzene rings is 1. The molecule has 0 aliphatic carbocycles. The van der Waals surface area contributed by atoms with Gasteiger partial charge in [0.15, 0.2) is 0 Å². The molecular formula is C10H9N3OS. The van der Waals surface area contributed by atoms with Crippen molar-refractivity contribution in [2.24, 2.45) is 5.10 Å². The number of nitrogens with zero attached hydrogens (tertiary/aromatic N) is 2. The predicted octanol–water partition coefficient (Wildman–Crippen LogP) is 2.29. The van der Waals surface area contributed by atoms with Crippen molar-refractivity contribution in [3.8, 4) is 5.75 Å². The molecule has 0 atom stereocenters. The molecule has 1 heterocycles. The second-order valence-corrected chi connectivity index (χ2v) is 3.66. The topological polar surface area (TPSA) is 57.5 Å². The van der Waals surface area contributed by atoms with Crippen molar-refractivity contribution in [1.29, 1.82) is 0 Å². The van der Waals surface area contributed by atoms with Crippen LogP contribution in [0.3, 0.4) is 0 Å². The van der Waals surface area contributed by atoms with Crippen LogP contribution >= 0.6 is 11.3 Å². The minimum absolute atomic E-state index is 0.210. The van der Waals surface area contributed by atoms with Crippen LogP contribution in [0.4, 0.5) is 5.13 Å². The zero-order chi connectivity index (χ0) is 10.5. The lowest BCUT2D eigenvalue weighted by atomic mass is 10.2. The Morgan fingerprint density at radius 3 is 3.00 bits per heavy atom. The third kappa shape index (κ3) is 2.54. The van der Waals surface area contributed by atoms with Crippen LogP contribution in [0.1, 0.15) is 5.56 Å². The van der Waals surface area contributed by atoms with Crippen LogP contribution in [0.5, 0.6) is 5.75 Å². The van der Waals surface area contributed by atoms with E-state index in [2.05, 4.69) is 15.5 Å². The zero-order valence-corrected chi connectivity index (χ0v) is 8.61. The minimum atomic E-state index is 0.210. The zero-order valence-electron chi connectivity index (χ0n) is 7.79. The molecule has 0 aliphatic rings. The van der Waals surface area contributed by atoms with Gasteiger partial charge in [-0.3, -0.25) is 5.43 Å². The predicted molar refractivity (Wildman–Crippen MR) is 61.4 cm³/mol. The number of phenols is 1. The van der Waals surface area contributed by atoms with Crippen LogP contribution in [0.25, 0.3) is 0 Å². The summed E-state index contributed by atoms with van der Waals surface area (Å²) in [5, 5.41) is 16.0. The van der Waals surface area contributed by atoms with Gasteiger partial charge < -0.3 is 5.11 Å². The number of nitrogens with one attached hydrogen (secondary N) is 1. The Kier molecular flexibility index (Phi) is 2.94. The summed E-state index contributed by atoms with van der Waals surface area (Å²) in [6.45, 7) is 0. The summed E-state index contributed by atoms with van der Waals surface area (Å²) in [6, 6.07) is 7.00. The van der Waals surface area contributed by atoms with Crippen LogP contribution in [0, 0.1) is 0 Å². The Morgan fingerprint density at radius 2 is 2.27 bits per heavy atom. The third-order valence-corrected chi connectivity index (χ3v) is 2.41. The molecule has 4 nitrogen and oxygen atoms in total. The van der Waals surface area contributed by atoms with Gasteiger partial charge in [-0.05, 0) is 12.1 Å². The quantitative estimate of drug-likeness (QED) is 0.615. The molecular weight excluding hydrogens is 210 g/mol. The fraction of sp³-hybridized carbons (Fsp3) is 0. The monoisotopic (exact) mass is 219 g/mol. The SMILES string of the molecule is Oc1ccccc1/C=N/Nc1nccs1. The number of aromatic nitrogens is 1. The van der Waals surface area contributed by atoms with Crippen molar-refractivity contribution in [2.75, 3.05) is 5.43 Å². The molecule has 0 saturated heterocycles. The molecule has 15 heavy (non-hydrogen) atoms. The van der Waals surface area contributed by atoms with Gasteiger partial charge >= 0.3 is 0 Å². The van der Waals surface area contributed by atoms with Gasteiger partial charge in [0.2, 0.25) is 5.13 Å².